The summed E-state index contributed by atoms with van der Waals surface area (Å²) in [5, 5.41) is 4.76. The summed E-state index contributed by atoms with van der Waals surface area (Å²) in [5.74, 6) is 1.80. The molecule has 58 heavy (non-hydrogen) atoms. The molecule has 0 atom stereocenters. The minimum Gasteiger partial charge on any atom is -0.309 e. The SMILES string of the molecule is [C-]#[N+]c1ccc2c(c1)sc1c(-c3cccc(-c4nc(-c5ccccc5)nc(-c5ccc(-c6ccccc6)c(-n6c7ccccc7c7ccccc76)c5)n4)c3)cccc12. The lowest BCUT2D eigenvalue weighted by Crippen LogP contribution is -2.02. The molecule has 0 unspecified atom stereocenters. The number of hydrogen-bond acceptors (Lipinski definition) is 4. The Morgan fingerprint density at radius 1 is 0.414 bits per heavy atom. The van der Waals surface area contributed by atoms with Gasteiger partial charge in [0.1, 0.15) is 0 Å². The van der Waals surface area contributed by atoms with Crippen molar-refractivity contribution in [3.8, 4) is 62.1 Å². The quantitative estimate of drug-likeness (QED) is 0.159. The fourth-order valence-electron chi connectivity index (χ4n) is 8.16. The average molecular weight is 758 g/mol. The van der Waals surface area contributed by atoms with Gasteiger partial charge in [-0.1, -0.05) is 158 Å². The predicted octanol–water partition coefficient (Wildman–Crippen LogP) is 14.2. The Bertz CT molecular complexity index is 3360. The van der Waals surface area contributed by atoms with Crippen LogP contribution >= 0.6 is 11.3 Å². The van der Waals surface area contributed by atoms with Gasteiger partial charge in [-0.05, 0) is 52.4 Å². The monoisotopic (exact) mass is 757 g/mol. The lowest BCUT2D eigenvalue weighted by molar-refractivity contribution is 1.07. The molecule has 0 aliphatic rings. The molecule has 270 valence electrons. The molecule has 3 heterocycles. The van der Waals surface area contributed by atoms with E-state index in [0.29, 0.717) is 23.2 Å². The van der Waals surface area contributed by atoms with Crippen molar-refractivity contribution in [3.05, 3.63) is 199 Å². The van der Waals surface area contributed by atoms with Gasteiger partial charge in [-0.3, -0.25) is 0 Å². The van der Waals surface area contributed by atoms with Gasteiger partial charge in [-0.15, -0.1) is 11.3 Å². The summed E-state index contributed by atoms with van der Waals surface area (Å²) in [5.41, 5.74) is 11.1. The van der Waals surface area contributed by atoms with Crippen LogP contribution in [-0.4, -0.2) is 19.5 Å². The molecular weight excluding hydrogens is 727 g/mol. The van der Waals surface area contributed by atoms with E-state index in [0.717, 1.165) is 60.4 Å². The van der Waals surface area contributed by atoms with Gasteiger partial charge in [0.2, 0.25) is 0 Å². The number of fused-ring (bicyclic) bond motifs is 6. The van der Waals surface area contributed by atoms with Gasteiger partial charge in [0.15, 0.2) is 23.2 Å². The normalized spacial score (nSPS) is 11.4. The zero-order chi connectivity index (χ0) is 38.6. The Morgan fingerprint density at radius 3 is 1.69 bits per heavy atom. The van der Waals surface area contributed by atoms with E-state index >= 15 is 0 Å². The van der Waals surface area contributed by atoms with E-state index in [4.69, 9.17) is 21.5 Å². The highest BCUT2D eigenvalue weighted by Gasteiger charge is 2.19. The van der Waals surface area contributed by atoms with E-state index < -0.39 is 0 Å². The Balaban J connectivity index is 1.11. The van der Waals surface area contributed by atoms with Crippen molar-refractivity contribution in [3.63, 3.8) is 0 Å². The minimum atomic E-state index is 0.595. The average Bonchev–Trinajstić information content (AvgIpc) is 3.85. The van der Waals surface area contributed by atoms with Crippen LogP contribution in [0.15, 0.2) is 188 Å². The van der Waals surface area contributed by atoms with Crippen molar-refractivity contribution in [2.75, 3.05) is 0 Å². The lowest BCUT2D eigenvalue weighted by Gasteiger charge is -2.16. The van der Waals surface area contributed by atoms with Crippen LogP contribution in [0.2, 0.25) is 0 Å². The molecule has 0 spiro atoms. The highest BCUT2D eigenvalue weighted by molar-refractivity contribution is 7.26. The second-order valence-electron chi connectivity index (χ2n) is 14.3. The third-order valence-electron chi connectivity index (χ3n) is 10.9. The first-order valence-electron chi connectivity index (χ1n) is 19.1. The van der Waals surface area contributed by atoms with Crippen LogP contribution in [0.25, 0.3) is 109 Å². The number of hydrogen-bond donors (Lipinski definition) is 0. The van der Waals surface area contributed by atoms with Crippen molar-refractivity contribution < 1.29 is 0 Å². The Hall–Kier alpha value is -7.72. The van der Waals surface area contributed by atoms with E-state index in [1.165, 1.54) is 26.2 Å². The fourth-order valence-corrected chi connectivity index (χ4v) is 9.43. The largest absolute Gasteiger partial charge is 0.309 e. The summed E-state index contributed by atoms with van der Waals surface area (Å²) in [6.45, 7) is 7.53. The molecule has 3 aromatic heterocycles. The zero-order valence-electron chi connectivity index (χ0n) is 31.0. The van der Waals surface area contributed by atoms with Gasteiger partial charge in [-0.2, -0.15) is 0 Å². The maximum atomic E-state index is 7.53. The van der Waals surface area contributed by atoms with Crippen LogP contribution in [0.3, 0.4) is 0 Å². The van der Waals surface area contributed by atoms with Gasteiger partial charge >= 0.3 is 0 Å². The van der Waals surface area contributed by atoms with E-state index in [1.807, 2.05) is 42.5 Å². The van der Waals surface area contributed by atoms with Crippen molar-refractivity contribution in [2.45, 2.75) is 0 Å². The van der Waals surface area contributed by atoms with E-state index in [1.54, 1.807) is 11.3 Å². The molecule has 0 aliphatic carbocycles. The first-order valence-corrected chi connectivity index (χ1v) is 20.0. The smallest absolute Gasteiger partial charge is 0.188 e. The van der Waals surface area contributed by atoms with Gasteiger partial charge in [0.25, 0.3) is 0 Å². The third-order valence-corrected chi connectivity index (χ3v) is 12.1. The second-order valence-corrected chi connectivity index (χ2v) is 15.3. The minimum absolute atomic E-state index is 0.595. The van der Waals surface area contributed by atoms with Crippen LogP contribution in [0, 0.1) is 6.57 Å². The second kappa shape index (κ2) is 13.8. The van der Waals surface area contributed by atoms with E-state index in [9.17, 15) is 0 Å². The molecule has 8 aromatic carbocycles. The standard InChI is InChI=1S/C52H31N5S/c1-53-38-27-29-43-44-23-13-22-40(49(44)58-48(43)32-38)35-18-12-19-36(30-35)51-54-50(34-16-6-3-7-17-34)55-52(56-51)37-26-28-39(33-14-4-2-5-15-33)47(31-37)57-45-24-10-8-20-41(45)42-21-9-11-25-46(42)57/h2-32H. The van der Waals surface area contributed by atoms with Crippen molar-refractivity contribution in [1.29, 1.82) is 0 Å². The number of benzene rings is 8. The molecule has 0 saturated carbocycles. The molecule has 0 aliphatic heterocycles. The molecule has 0 amide bonds. The van der Waals surface area contributed by atoms with Crippen LogP contribution < -0.4 is 0 Å². The highest BCUT2D eigenvalue weighted by atomic mass is 32.1. The maximum absolute atomic E-state index is 7.53. The van der Waals surface area contributed by atoms with Crippen LogP contribution in [0.5, 0.6) is 0 Å². The van der Waals surface area contributed by atoms with E-state index in [-0.39, 0.29) is 0 Å². The van der Waals surface area contributed by atoms with Crippen molar-refractivity contribution in [1.82, 2.24) is 19.5 Å². The molecule has 0 N–H and O–H groups in total. The molecule has 11 rings (SSSR count). The predicted molar refractivity (Wildman–Crippen MR) is 240 cm³/mol. The number of aromatic nitrogens is 4. The van der Waals surface area contributed by atoms with Crippen LogP contribution in [0.1, 0.15) is 0 Å². The number of nitrogens with zero attached hydrogens (tertiary/aromatic N) is 5. The first-order chi connectivity index (χ1) is 28.7. The molecular formula is C52H31N5S. The van der Waals surface area contributed by atoms with Crippen molar-refractivity contribution in [2.24, 2.45) is 0 Å². The molecule has 0 bridgehead atoms. The van der Waals surface area contributed by atoms with Gasteiger partial charge in [0.05, 0.1) is 23.3 Å². The molecule has 5 nitrogen and oxygen atoms in total. The first kappa shape index (κ1) is 33.6. The summed E-state index contributed by atoms with van der Waals surface area (Å²) < 4.78 is 4.67. The summed E-state index contributed by atoms with van der Waals surface area (Å²) in [6.07, 6.45) is 0. The summed E-state index contributed by atoms with van der Waals surface area (Å²) >= 11 is 1.73. The zero-order valence-corrected chi connectivity index (χ0v) is 31.9. The maximum Gasteiger partial charge on any atom is 0.188 e. The lowest BCUT2D eigenvalue weighted by atomic mass is 10.00. The third kappa shape index (κ3) is 5.64. The number of thiophene rings is 1. The Kier molecular flexibility index (Phi) is 7.99. The van der Waals surface area contributed by atoms with E-state index in [2.05, 4.69) is 155 Å². The molecule has 11 aromatic rings. The molecule has 0 fully saturated rings. The van der Waals surface area contributed by atoms with Gasteiger partial charge in [0, 0.05) is 47.8 Å². The topological polar surface area (TPSA) is 48.0 Å². The Labute approximate surface area is 338 Å². The number of para-hydroxylation sites is 2. The molecule has 0 radical (unpaired) electrons. The Morgan fingerprint density at radius 2 is 0.983 bits per heavy atom. The number of rotatable bonds is 6. The van der Waals surface area contributed by atoms with Crippen LogP contribution in [0.4, 0.5) is 5.69 Å². The highest BCUT2D eigenvalue weighted by Crippen LogP contribution is 2.42. The molecule has 0 saturated heterocycles. The van der Waals surface area contributed by atoms with Gasteiger partial charge < -0.3 is 4.57 Å². The summed E-state index contributed by atoms with van der Waals surface area (Å²) in [6, 6.07) is 65.4. The van der Waals surface area contributed by atoms with Crippen molar-refractivity contribution >= 4 is 59.0 Å². The van der Waals surface area contributed by atoms with Crippen LogP contribution in [-0.2, 0) is 0 Å². The summed E-state index contributed by atoms with van der Waals surface area (Å²) in [7, 11) is 0. The molecule has 6 heteroatoms. The summed E-state index contributed by atoms with van der Waals surface area (Å²) in [4.78, 5) is 19.2. The fraction of sp³-hybridized carbons (Fsp3) is 0. The van der Waals surface area contributed by atoms with Gasteiger partial charge in [-0.25, -0.2) is 19.8 Å².